The predicted octanol–water partition coefficient (Wildman–Crippen LogP) is 2.56. The maximum Gasteiger partial charge on any atom is 0.326 e. The fourth-order valence-corrected chi connectivity index (χ4v) is 2.10. The number of hydrogen-bond donors (Lipinski definition) is 1. The van der Waals surface area contributed by atoms with Gasteiger partial charge in [0.2, 0.25) is 0 Å². The zero-order valence-corrected chi connectivity index (χ0v) is 11.0. The second-order valence-electron chi connectivity index (χ2n) is 4.58. The first-order chi connectivity index (χ1) is 8.91. The van der Waals surface area contributed by atoms with Crippen LogP contribution in [0.1, 0.15) is 30.1 Å². The lowest BCUT2D eigenvalue weighted by molar-refractivity contribution is -0.141. The van der Waals surface area contributed by atoms with Crippen LogP contribution in [0.5, 0.6) is 0 Å². The van der Waals surface area contributed by atoms with Gasteiger partial charge >= 0.3 is 5.97 Å². The Labute approximate surface area is 114 Å². The number of rotatable bonds is 4. The van der Waals surface area contributed by atoms with Crippen LogP contribution in [0.25, 0.3) is 0 Å². The summed E-state index contributed by atoms with van der Waals surface area (Å²) in [4.78, 5) is 24.6. The molecule has 2 rings (SSSR count). The second kappa shape index (κ2) is 5.17. The van der Waals surface area contributed by atoms with E-state index in [1.54, 1.807) is 0 Å². The van der Waals surface area contributed by atoms with E-state index in [1.165, 1.54) is 24.0 Å². The summed E-state index contributed by atoms with van der Waals surface area (Å²) in [5.41, 5.74) is -0.187. The second-order valence-corrected chi connectivity index (χ2v) is 5.02. The van der Waals surface area contributed by atoms with E-state index in [2.05, 4.69) is 0 Å². The fourth-order valence-electron chi connectivity index (χ4n) is 1.93. The molecule has 0 saturated heterocycles. The average Bonchev–Trinajstić information content (AvgIpc) is 3.16. The van der Waals surface area contributed by atoms with Crippen molar-refractivity contribution in [2.45, 2.75) is 31.8 Å². The standard InChI is InChI=1S/C13H13ClFNO3/c1-7(13(18)19)16(9-3-4-9)12(17)10-6-8(14)2-5-11(10)15/h2,5-7,9H,3-4H2,1H3,(H,18,19). The Bertz CT molecular complexity index is 531. The molecule has 0 aliphatic heterocycles. The third kappa shape index (κ3) is 2.87. The minimum Gasteiger partial charge on any atom is -0.480 e. The summed E-state index contributed by atoms with van der Waals surface area (Å²) in [5, 5.41) is 9.27. The van der Waals surface area contributed by atoms with E-state index in [9.17, 15) is 14.0 Å². The van der Waals surface area contributed by atoms with Crippen LogP contribution in [0.2, 0.25) is 5.02 Å². The van der Waals surface area contributed by atoms with Crippen LogP contribution in [-0.4, -0.2) is 34.0 Å². The highest BCUT2D eigenvalue weighted by molar-refractivity contribution is 6.31. The van der Waals surface area contributed by atoms with E-state index in [0.717, 1.165) is 18.9 Å². The SMILES string of the molecule is CC(C(=O)O)N(C(=O)c1cc(Cl)ccc1F)C1CC1. The van der Waals surface area contributed by atoms with Crippen LogP contribution < -0.4 is 0 Å². The van der Waals surface area contributed by atoms with Gasteiger partial charge in [-0.1, -0.05) is 11.6 Å². The Hall–Kier alpha value is -1.62. The molecule has 1 amide bonds. The van der Waals surface area contributed by atoms with Gasteiger partial charge in [-0.05, 0) is 38.0 Å². The van der Waals surface area contributed by atoms with Crippen molar-refractivity contribution in [3.05, 3.63) is 34.6 Å². The Morgan fingerprint density at radius 1 is 1.47 bits per heavy atom. The van der Waals surface area contributed by atoms with Crippen LogP contribution in [0.3, 0.4) is 0 Å². The first-order valence-electron chi connectivity index (χ1n) is 5.92. The van der Waals surface area contributed by atoms with Crippen molar-refractivity contribution in [1.82, 2.24) is 4.90 Å². The monoisotopic (exact) mass is 285 g/mol. The summed E-state index contributed by atoms with van der Waals surface area (Å²) in [6.07, 6.45) is 1.48. The molecule has 1 atom stereocenters. The maximum atomic E-state index is 13.7. The lowest BCUT2D eigenvalue weighted by Crippen LogP contribution is -2.45. The molecule has 0 bridgehead atoms. The number of amides is 1. The molecule has 0 radical (unpaired) electrons. The van der Waals surface area contributed by atoms with Gasteiger partial charge in [-0.2, -0.15) is 0 Å². The molecule has 1 saturated carbocycles. The molecule has 1 aliphatic rings. The minimum absolute atomic E-state index is 0.128. The highest BCUT2D eigenvalue weighted by Crippen LogP contribution is 2.31. The number of aliphatic carboxylic acids is 1. The van der Waals surface area contributed by atoms with Crippen LogP contribution in [0.15, 0.2) is 18.2 Å². The van der Waals surface area contributed by atoms with Gasteiger partial charge in [0, 0.05) is 11.1 Å². The van der Waals surface area contributed by atoms with Crippen LogP contribution >= 0.6 is 11.6 Å². The van der Waals surface area contributed by atoms with Crippen molar-refractivity contribution in [3.63, 3.8) is 0 Å². The highest BCUT2D eigenvalue weighted by Gasteiger charge is 2.39. The summed E-state index contributed by atoms with van der Waals surface area (Å²) in [6.45, 7) is 1.42. The summed E-state index contributed by atoms with van der Waals surface area (Å²) in [5.74, 6) is -2.43. The van der Waals surface area contributed by atoms with Crippen molar-refractivity contribution in [3.8, 4) is 0 Å². The van der Waals surface area contributed by atoms with Gasteiger partial charge in [-0.3, -0.25) is 4.79 Å². The van der Waals surface area contributed by atoms with Crippen molar-refractivity contribution in [2.24, 2.45) is 0 Å². The first kappa shape index (κ1) is 13.8. The maximum absolute atomic E-state index is 13.7. The summed E-state index contributed by atoms with van der Waals surface area (Å²) >= 11 is 5.75. The van der Waals surface area contributed by atoms with Gasteiger partial charge in [0.25, 0.3) is 5.91 Å². The summed E-state index contributed by atoms with van der Waals surface area (Å²) in [6, 6.07) is 2.56. The van der Waals surface area contributed by atoms with Crippen molar-refractivity contribution >= 4 is 23.5 Å². The molecule has 1 aliphatic carbocycles. The van der Waals surface area contributed by atoms with Crippen LogP contribution in [-0.2, 0) is 4.79 Å². The Kier molecular flexibility index (Phi) is 3.75. The molecule has 19 heavy (non-hydrogen) atoms. The smallest absolute Gasteiger partial charge is 0.326 e. The number of carboxylic acid groups (broad SMARTS) is 1. The summed E-state index contributed by atoms with van der Waals surface area (Å²) in [7, 11) is 0. The third-order valence-corrected chi connectivity index (χ3v) is 3.34. The van der Waals surface area contributed by atoms with Gasteiger partial charge < -0.3 is 10.0 Å². The van der Waals surface area contributed by atoms with Crippen molar-refractivity contribution < 1.29 is 19.1 Å². The number of carboxylic acids is 1. The summed E-state index contributed by atoms with van der Waals surface area (Å²) < 4.78 is 13.7. The van der Waals surface area contributed by atoms with Crippen LogP contribution in [0.4, 0.5) is 4.39 Å². The molecular formula is C13H13ClFNO3. The van der Waals surface area contributed by atoms with E-state index < -0.39 is 23.7 Å². The quantitative estimate of drug-likeness (QED) is 0.925. The molecule has 1 aromatic carbocycles. The molecule has 4 nitrogen and oxygen atoms in total. The zero-order chi connectivity index (χ0) is 14.2. The molecule has 6 heteroatoms. The van der Waals surface area contributed by atoms with E-state index in [1.807, 2.05) is 0 Å². The van der Waals surface area contributed by atoms with Crippen LogP contribution in [0, 0.1) is 5.82 Å². The Morgan fingerprint density at radius 3 is 2.63 bits per heavy atom. The zero-order valence-electron chi connectivity index (χ0n) is 10.3. The van der Waals surface area contributed by atoms with Gasteiger partial charge in [0.1, 0.15) is 11.9 Å². The number of carbonyl (C=O) groups is 2. The Balaban J connectivity index is 2.34. The topological polar surface area (TPSA) is 57.6 Å². The molecule has 1 aromatic rings. The number of halogens is 2. The minimum atomic E-state index is -1.11. The number of benzene rings is 1. The van der Waals surface area contributed by atoms with Gasteiger partial charge in [0.05, 0.1) is 5.56 Å². The lowest BCUT2D eigenvalue weighted by atomic mass is 10.1. The predicted molar refractivity (Wildman–Crippen MR) is 67.7 cm³/mol. The molecule has 1 unspecified atom stereocenters. The molecule has 0 aromatic heterocycles. The number of carbonyl (C=O) groups excluding carboxylic acids is 1. The van der Waals surface area contributed by atoms with Crippen molar-refractivity contribution in [2.75, 3.05) is 0 Å². The normalized spacial score (nSPS) is 15.9. The third-order valence-electron chi connectivity index (χ3n) is 3.11. The average molecular weight is 286 g/mol. The van der Waals surface area contributed by atoms with E-state index in [4.69, 9.17) is 16.7 Å². The first-order valence-corrected chi connectivity index (χ1v) is 6.30. The largest absolute Gasteiger partial charge is 0.480 e. The fraction of sp³-hybridized carbons (Fsp3) is 0.385. The molecule has 0 spiro atoms. The molecule has 1 N–H and O–H groups in total. The van der Waals surface area contributed by atoms with Gasteiger partial charge in [-0.15, -0.1) is 0 Å². The highest BCUT2D eigenvalue weighted by atomic mass is 35.5. The van der Waals surface area contributed by atoms with Gasteiger partial charge in [-0.25, -0.2) is 9.18 Å². The molecule has 0 heterocycles. The molecular weight excluding hydrogens is 273 g/mol. The van der Waals surface area contributed by atoms with E-state index in [0.29, 0.717) is 0 Å². The lowest BCUT2D eigenvalue weighted by Gasteiger charge is -2.26. The molecule has 1 fully saturated rings. The number of nitrogens with zero attached hydrogens (tertiary/aromatic N) is 1. The molecule has 102 valence electrons. The van der Waals surface area contributed by atoms with Crippen molar-refractivity contribution in [1.29, 1.82) is 0 Å². The Morgan fingerprint density at radius 2 is 2.11 bits per heavy atom. The van der Waals surface area contributed by atoms with E-state index in [-0.39, 0.29) is 16.6 Å². The number of hydrogen-bond acceptors (Lipinski definition) is 2. The van der Waals surface area contributed by atoms with E-state index >= 15 is 0 Å². The van der Waals surface area contributed by atoms with Gasteiger partial charge in [0.15, 0.2) is 0 Å².